The van der Waals surface area contributed by atoms with Crippen molar-refractivity contribution in [3.05, 3.63) is 58.1 Å². The summed E-state index contributed by atoms with van der Waals surface area (Å²) in [6.45, 7) is 2.53. The molecule has 0 atom stereocenters. The summed E-state index contributed by atoms with van der Waals surface area (Å²) in [6, 6.07) is 13.8. The molecule has 0 radical (unpaired) electrons. The number of rotatable bonds is 3. The van der Waals surface area contributed by atoms with Crippen molar-refractivity contribution in [3.63, 3.8) is 0 Å². The fourth-order valence-electron chi connectivity index (χ4n) is 1.64. The SMILES string of the molecule is Cc1cc(N)cc(OCc2ccccc2Br)c1. The molecular weight excluding hydrogens is 278 g/mol. The van der Waals surface area contributed by atoms with Gasteiger partial charge in [-0.15, -0.1) is 0 Å². The lowest BCUT2D eigenvalue weighted by Gasteiger charge is -2.09. The molecule has 17 heavy (non-hydrogen) atoms. The predicted molar refractivity (Wildman–Crippen MR) is 74.1 cm³/mol. The molecule has 2 nitrogen and oxygen atoms in total. The van der Waals surface area contributed by atoms with Crippen LogP contribution in [0.15, 0.2) is 46.9 Å². The summed E-state index contributed by atoms with van der Waals surface area (Å²) in [4.78, 5) is 0. The van der Waals surface area contributed by atoms with Crippen LogP contribution in [0.3, 0.4) is 0 Å². The van der Waals surface area contributed by atoms with Crippen LogP contribution >= 0.6 is 15.9 Å². The highest BCUT2D eigenvalue weighted by molar-refractivity contribution is 9.10. The summed E-state index contributed by atoms with van der Waals surface area (Å²) < 4.78 is 6.78. The zero-order valence-corrected chi connectivity index (χ0v) is 11.2. The molecule has 2 aromatic carbocycles. The van der Waals surface area contributed by atoms with Gasteiger partial charge in [-0.1, -0.05) is 34.1 Å². The van der Waals surface area contributed by atoms with Crippen LogP contribution in [-0.2, 0) is 6.61 Å². The van der Waals surface area contributed by atoms with Gasteiger partial charge in [0, 0.05) is 21.8 Å². The molecule has 2 aromatic rings. The zero-order chi connectivity index (χ0) is 12.3. The summed E-state index contributed by atoms with van der Waals surface area (Å²) in [5.74, 6) is 0.804. The van der Waals surface area contributed by atoms with E-state index in [1.165, 1.54) is 0 Å². The molecule has 2 rings (SSSR count). The van der Waals surface area contributed by atoms with Crippen LogP contribution in [0.5, 0.6) is 5.75 Å². The number of hydrogen-bond acceptors (Lipinski definition) is 2. The summed E-state index contributed by atoms with van der Waals surface area (Å²) in [5.41, 5.74) is 8.72. The average molecular weight is 292 g/mol. The summed E-state index contributed by atoms with van der Waals surface area (Å²) in [6.07, 6.45) is 0. The minimum absolute atomic E-state index is 0.532. The monoisotopic (exact) mass is 291 g/mol. The highest BCUT2D eigenvalue weighted by atomic mass is 79.9. The van der Waals surface area contributed by atoms with Gasteiger partial charge in [0.05, 0.1) is 0 Å². The third-order valence-corrected chi connectivity index (χ3v) is 3.20. The third-order valence-electron chi connectivity index (χ3n) is 2.43. The standard InChI is InChI=1S/C14H14BrNO/c1-10-6-12(16)8-13(7-10)17-9-11-4-2-3-5-14(11)15/h2-8H,9,16H2,1H3. The Kier molecular flexibility index (Phi) is 3.69. The Morgan fingerprint density at radius 1 is 1.18 bits per heavy atom. The second-order valence-corrected chi connectivity index (χ2v) is 4.81. The van der Waals surface area contributed by atoms with Crippen LogP contribution in [0.2, 0.25) is 0 Å². The second kappa shape index (κ2) is 5.23. The van der Waals surface area contributed by atoms with Gasteiger partial charge >= 0.3 is 0 Å². The smallest absolute Gasteiger partial charge is 0.122 e. The maximum absolute atomic E-state index is 5.77. The number of benzene rings is 2. The van der Waals surface area contributed by atoms with E-state index < -0.39 is 0 Å². The molecule has 0 aromatic heterocycles. The predicted octanol–water partition coefficient (Wildman–Crippen LogP) is 3.92. The minimum Gasteiger partial charge on any atom is -0.489 e. The van der Waals surface area contributed by atoms with E-state index in [1.807, 2.05) is 49.4 Å². The van der Waals surface area contributed by atoms with Gasteiger partial charge in [0.2, 0.25) is 0 Å². The Labute approximate surface area is 110 Å². The van der Waals surface area contributed by atoms with Crippen molar-refractivity contribution in [2.75, 3.05) is 5.73 Å². The molecule has 0 spiro atoms. The van der Waals surface area contributed by atoms with Crippen LogP contribution < -0.4 is 10.5 Å². The zero-order valence-electron chi connectivity index (χ0n) is 9.61. The molecular formula is C14H14BrNO. The molecule has 0 heterocycles. The maximum atomic E-state index is 5.77. The lowest BCUT2D eigenvalue weighted by Crippen LogP contribution is -1.97. The number of nitrogens with two attached hydrogens (primary N) is 1. The Bertz CT molecular complexity index is 505. The van der Waals surface area contributed by atoms with Gasteiger partial charge in [-0.3, -0.25) is 0 Å². The average Bonchev–Trinajstić information content (AvgIpc) is 2.27. The molecule has 0 bridgehead atoms. The fourth-order valence-corrected chi connectivity index (χ4v) is 2.04. The van der Waals surface area contributed by atoms with Crippen LogP contribution in [0.4, 0.5) is 5.69 Å². The number of hydrogen-bond donors (Lipinski definition) is 1. The summed E-state index contributed by atoms with van der Waals surface area (Å²) in [7, 11) is 0. The second-order valence-electron chi connectivity index (χ2n) is 3.96. The topological polar surface area (TPSA) is 35.2 Å². The lowest BCUT2D eigenvalue weighted by atomic mass is 10.2. The third kappa shape index (κ3) is 3.24. The van der Waals surface area contributed by atoms with E-state index in [9.17, 15) is 0 Å². The highest BCUT2D eigenvalue weighted by Gasteiger charge is 2.01. The summed E-state index contributed by atoms with van der Waals surface area (Å²) >= 11 is 3.49. The molecule has 0 unspecified atom stereocenters. The van der Waals surface area contributed by atoms with Gasteiger partial charge in [0.25, 0.3) is 0 Å². The molecule has 0 fully saturated rings. The quantitative estimate of drug-likeness (QED) is 0.870. The fraction of sp³-hybridized carbons (Fsp3) is 0.143. The van der Waals surface area contributed by atoms with Crippen molar-refractivity contribution in [2.45, 2.75) is 13.5 Å². The molecule has 0 saturated heterocycles. The Balaban J connectivity index is 2.10. The van der Waals surface area contributed by atoms with Crippen LogP contribution in [0, 0.1) is 6.92 Å². The molecule has 0 aliphatic rings. The number of ether oxygens (including phenoxy) is 1. The van der Waals surface area contributed by atoms with Crippen molar-refractivity contribution in [1.82, 2.24) is 0 Å². The number of aryl methyl sites for hydroxylation is 1. The molecule has 0 aliphatic carbocycles. The number of anilines is 1. The Morgan fingerprint density at radius 3 is 2.65 bits per heavy atom. The molecule has 88 valence electrons. The molecule has 0 aliphatic heterocycles. The van der Waals surface area contributed by atoms with Crippen molar-refractivity contribution >= 4 is 21.6 Å². The van der Waals surface area contributed by atoms with Gasteiger partial charge in [0.1, 0.15) is 12.4 Å². The number of nitrogen functional groups attached to an aromatic ring is 1. The Morgan fingerprint density at radius 2 is 1.94 bits per heavy atom. The molecule has 0 amide bonds. The van der Waals surface area contributed by atoms with Crippen molar-refractivity contribution in [3.8, 4) is 5.75 Å². The molecule has 0 saturated carbocycles. The van der Waals surface area contributed by atoms with E-state index in [-0.39, 0.29) is 0 Å². The normalized spacial score (nSPS) is 10.2. The first-order valence-electron chi connectivity index (χ1n) is 5.38. The van der Waals surface area contributed by atoms with Gasteiger partial charge in [0.15, 0.2) is 0 Å². The van der Waals surface area contributed by atoms with Gasteiger partial charge < -0.3 is 10.5 Å². The van der Waals surface area contributed by atoms with Gasteiger partial charge in [-0.25, -0.2) is 0 Å². The minimum atomic E-state index is 0.532. The van der Waals surface area contributed by atoms with Crippen molar-refractivity contribution < 1.29 is 4.74 Å². The van der Waals surface area contributed by atoms with E-state index in [0.717, 1.165) is 27.0 Å². The highest BCUT2D eigenvalue weighted by Crippen LogP contribution is 2.21. The molecule has 2 N–H and O–H groups in total. The van der Waals surface area contributed by atoms with Crippen LogP contribution in [0.25, 0.3) is 0 Å². The van der Waals surface area contributed by atoms with Crippen molar-refractivity contribution in [1.29, 1.82) is 0 Å². The van der Waals surface area contributed by atoms with E-state index >= 15 is 0 Å². The maximum Gasteiger partial charge on any atom is 0.122 e. The van der Waals surface area contributed by atoms with E-state index in [1.54, 1.807) is 0 Å². The first-order valence-corrected chi connectivity index (χ1v) is 6.18. The molecule has 3 heteroatoms. The Hall–Kier alpha value is -1.48. The van der Waals surface area contributed by atoms with Crippen LogP contribution in [0.1, 0.15) is 11.1 Å². The van der Waals surface area contributed by atoms with E-state index in [2.05, 4.69) is 15.9 Å². The lowest BCUT2D eigenvalue weighted by molar-refractivity contribution is 0.305. The van der Waals surface area contributed by atoms with E-state index in [4.69, 9.17) is 10.5 Å². The summed E-state index contributed by atoms with van der Waals surface area (Å²) in [5, 5.41) is 0. The number of halogens is 1. The first-order chi connectivity index (χ1) is 8.15. The van der Waals surface area contributed by atoms with Gasteiger partial charge in [-0.05, 0) is 30.7 Å². The van der Waals surface area contributed by atoms with Crippen LogP contribution in [-0.4, -0.2) is 0 Å². The largest absolute Gasteiger partial charge is 0.489 e. The van der Waals surface area contributed by atoms with Crippen molar-refractivity contribution in [2.24, 2.45) is 0 Å². The van der Waals surface area contributed by atoms with E-state index in [0.29, 0.717) is 6.61 Å². The van der Waals surface area contributed by atoms with Gasteiger partial charge in [-0.2, -0.15) is 0 Å². The first kappa shape index (κ1) is 12.0.